The summed E-state index contributed by atoms with van der Waals surface area (Å²) in [6.07, 6.45) is 0. The van der Waals surface area contributed by atoms with Crippen LogP contribution in [0.15, 0.2) is 22.4 Å². The number of nitrogens with zero attached hydrogens (tertiary/aromatic N) is 1. The number of thiazole rings is 1. The highest BCUT2D eigenvalue weighted by Gasteiger charge is 2.20. The third-order valence-electron chi connectivity index (χ3n) is 2.86. The minimum absolute atomic E-state index is 0.190. The fourth-order valence-electron chi connectivity index (χ4n) is 2.14. The number of nitrogens with one attached hydrogen (secondary N) is 1. The van der Waals surface area contributed by atoms with Gasteiger partial charge < -0.3 is 5.73 Å². The molecule has 0 fully saturated rings. The standard InChI is InChI=1S/C13H17N3O2S2/c1-8-4-11(14)5-9(2)13(8)20(17,18)15-6-12-7-19-10(3)16-12/h4-5,7,15H,6,14H2,1-3H3. The first kappa shape index (κ1) is 15.0. The smallest absolute Gasteiger partial charge is 0.241 e. The number of nitrogens with two attached hydrogens (primary N) is 1. The lowest BCUT2D eigenvalue weighted by atomic mass is 10.1. The Morgan fingerprint density at radius 2 is 1.85 bits per heavy atom. The average molecular weight is 311 g/mol. The van der Waals surface area contributed by atoms with E-state index in [2.05, 4.69) is 9.71 Å². The Hall–Kier alpha value is -1.44. The van der Waals surface area contributed by atoms with Crippen molar-refractivity contribution in [2.75, 3.05) is 5.73 Å². The Bertz CT molecular complexity index is 713. The van der Waals surface area contributed by atoms with Crippen molar-refractivity contribution < 1.29 is 8.42 Å². The van der Waals surface area contributed by atoms with Gasteiger partial charge in [-0.25, -0.2) is 18.1 Å². The van der Waals surface area contributed by atoms with E-state index in [4.69, 9.17) is 5.73 Å². The zero-order valence-electron chi connectivity index (χ0n) is 11.6. The lowest BCUT2D eigenvalue weighted by Crippen LogP contribution is -2.25. The summed E-state index contributed by atoms with van der Waals surface area (Å²) in [4.78, 5) is 4.53. The highest BCUT2D eigenvalue weighted by Crippen LogP contribution is 2.23. The molecule has 1 heterocycles. The van der Waals surface area contributed by atoms with E-state index in [0.717, 1.165) is 10.7 Å². The Labute approximate surface area is 122 Å². The van der Waals surface area contributed by atoms with Crippen LogP contribution in [0, 0.1) is 20.8 Å². The molecule has 0 spiro atoms. The number of nitrogen functional groups attached to an aromatic ring is 1. The zero-order valence-corrected chi connectivity index (χ0v) is 13.2. The van der Waals surface area contributed by atoms with Crippen LogP contribution < -0.4 is 10.5 Å². The Kier molecular flexibility index (Phi) is 4.12. The molecule has 0 radical (unpaired) electrons. The van der Waals surface area contributed by atoms with Gasteiger partial charge in [-0.05, 0) is 44.0 Å². The molecule has 0 atom stereocenters. The molecule has 1 aromatic heterocycles. The summed E-state index contributed by atoms with van der Waals surface area (Å²) in [5, 5.41) is 2.76. The Morgan fingerprint density at radius 1 is 1.25 bits per heavy atom. The van der Waals surface area contributed by atoms with Gasteiger partial charge in [0.1, 0.15) is 0 Å². The van der Waals surface area contributed by atoms with Gasteiger partial charge in [0, 0.05) is 11.1 Å². The minimum Gasteiger partial charge on any atom is -0.399 e. The molecule has 3 N–H and O–H groups in total. The van der Waals surface area contributed by atoms with E-state index in [9.17, 15) is 8.42 Å². The number of hydrogen-bond acceptors (Lipinski definition) is 5. The highest BCUT2D eigenvalue weighted by molar-refractivity contribution is 7.89. The van der Waals surface area contributed by atoms with Crippen LogP contribution in [0.3, 0.4) is 0 Å². The van der Waals surface area contributed by atoms with E-state index >= 15 is 0 Å². The molecule has 7 heteroatoms. The summed E-state index contributed by atoms with van der Waals surface area (Å²) in [6, 6.07) is 3.32. The van der Waals surface area contributed by atoms with Gasteiger partial charge in [-0.15, -0.1) is 11.3 Å². The number of aromatic nitrogens is 1. The van der Waals surface area contributed by atoms with Crippen molar-refractivity contribution in [3.05, 3.63) is 39.3 Å². The van der Waals surface area contributed by atoms with E-state index in [1.54, 1.807) is 26.0 Å². The minimum atomic E-state index is -3.57. The predicted octanol–water partition coefficient (Wildman–Crippen LogP) is 2.13. The average Bonchev–Trinajstić information content (AvgIpc) is 2.71. The molecule has 0 aliphatic heterocycles. The van der Waals surface area contributed by atoms with Crippen LogP contribution in [0.25, 0.3) is 0 Å². The van der Waals surface area contributed by atoms with E-state index < -0.39 is 10.0 Å². The fraction of sp³-hybridized carbons (Fsp3) is 0.308. The van der Waals surface area contributed by atoms with Crippen molar-refractivity contribution >= 4 is 27.0 Å². The van der Waals surface area contributed by atoms with Gasteiger partial charge in [-0.3, -0.25) is 0 Å². The number of rotatable bonds is 4. The van der Waals surface area contributed by atoms with Crippen LogP contribution in [0.2, 0.25) is 0 Å². The molecule has 0 bridgehead atoms. The van der Waals surface area contributed by atoms with Crippen molar-refractivity contribution in [1.29, 1.82) is 0 Å². The van der Waals surface area contributed by atoms with Crippen molar-refractivity contribution in [2.45, 2.75) is 32.2 Å². The number of hydrogen-bond donors (Lipinski definition) is 2. The molecule has 0 amide bonds. The quantitative estimate of drug-likeness (QED) is 0.847. The summed E-state index contributed by atoms with van der Waals surface area (Å²) in [7, 11) is -3.57. The Balaban J connectivity index is 2.27. The molecule has 108 valence electrons. The maximum atomic E-state index is 12.4. The van der Waals surface area contributed by atoms with Crippen molar-refractivity contribution in [3.63, 3.8) is 0 Å². The fourth-order valence-corrected chi connectivity index (χ4v) is 4.20. The second-order valence-corrected chi connectivity index (χ2v) is 7.43. The molecule has 20 heavy (non-hydrogen) atoms. The van der Waals surface area contributed by atoms with E-state index in [1.165, 1.54) is 11.3 Å². The summed E-state index contributed by atoms with van der Waals surface area (Å²) in [6.45, 7) is 5.56. The molecule has 0 aliphatic carbocycles. The van der Waals surface area contributed by atoms with Gasteiger partial charge in [-0.1, -0.05) is 0 Å². The van der Waals surface area contributed by atoms with E-state index in [-0.39, 0.29) is 6.54 Å². The van der Waals surface area contributed by atoms with Crippen molar-refractivity contribution in [2.24, 2.45) is 0 Å². The number of sulfonamides is 1. The first-order chi connectivity index (χ1) is 9.29. The molecule has 1 aromatic carbocycles. The molecule has 0 unspecified atom stereocenters. The van der Waals surface area contributed by atoms with Crippen LogP contribution in [0.4, 0.5) is 5.69 Å². The van der Waals surface area contributed by atoms with Gasteiger partial charge in [0.25, 0.3) is 0 Å². The van der Waals surface area contributed by atoms with Crippen molar-refractivity contribution in [1.82, 2.24) is 9.71 Å². The van der Waals surface area contributed by atoms with Crippen LogP contribution in [-0.4, -0.2) is 13.4 Å². The first-order valence-corrected chi connectivity index (χ1v) is 8.43. The molecule has 0 saturated heterocycles. The molecule has 0 saturated carbocycles. The summed E-state index contributed by atoms with van der Waals surface area (Å²) in [5.74, 6) is 0. The van der Waals surface area contributed by atoms with Gasteiger partial charge in [0.15, 0.2) is 0 Å². The second-order valence-electron chi connectivity index (χ2n) is 4.67. The molecular weight excluding hydrogens is 294 g/mol. The molecule has 2 aromatic rings. The lowest BCUT2D eigenvalue weighted by Gasteiger charge is -2.12. The molecule has 2 rings (SSSR count). The van der Waals surface area contributed by atoms with Crippen LogP contribution >= 0.6 is 11.3 Å². The number of benzene rings is 1. The zero-order chi connectivity index (χ0) is 14.9. The molecular formula is C13H17N3O2S2. The van der Waals surface area contributed by atoms with Crippen molar-refractivity contribution in [3.8, 4) is 0 Å². The summed E-state index contributed by atoms with van der Waals surface area (Å²) in [5.41, 5.74) is 8.29. The largest absolute Gasteiger partial charge is 0.399 e. The van der Waals surface area contributed by atoms with E-state index in [0.29, 0.717) is 21.7 Å². The maximum Gasteiger partial charge on any atom is 0.241 e. The third-order valence-corrected chi connectivity index (χ3v) is 5.39. The summed E-state index contributed by atoms with van der Waals surface area (Å²) >= 11 is 1.50. The SMILES string of the molecule is Cc1nc(CNS(=O)(=O)c2c(C)cc(N)cc2C)cs1. The lowest BCUT2D eigenvalue weighted by molar-refractivity contribution is 0.579. The second kappa shape index (κ2) is 5.51. The monoisotopic (exact) mass is 311 g/mol. The topological polar surface area (TPSA) is 85.1 Å². The van der Waals surface area contributed by atoms with Crippen LogP contribution in [0.1, 0.15) is 21.8 Å². The van der Waals surface area contributed by atoms with E-state index in [1.807, 2.05) is 12.3 Å². The number of anilines is 1. The Morgan fingerprint density at radius 3 is 2.35 bits per heavy atom. The number of aryl methyl sites for hydroxylation is 3. The van der Waals surface area contributed by atoms with Gasteiger partial charge in [-0.2, -0.15) is 0 Å². The normalized spacial score (nSPS) is 11.8. The molecule has 5 nitrogen and oxygen atoms in total. The van der Waals surface area contributed by atoms with Crippen LogP contribution in [-0.2, 0) is 16.6 Å². The maximum absolute atomic E-state index is 12.4. The highest BCUT2D eigenvalue weighted by atomic mass is 32.2. The van der Waals surface area contributed by atoms with Crippen LogP contribution in [0.5, 0.6) is 0 Å². The third kappa shape index (κ3) is 3.17. The van der Waals surface area contributed by atoms with Gasteiger partial charge in [0.05, 0.1) is 22.1 Å². The van der Waals surface area contributed by atoms with Gasteiger partial charge in [0.2, 0.25) is 10.0 Å². The summed E-state index contributed by atoms with van der Waals surface area (Å²) < 4.78 is 27.4. The predicted molar refractivity (Wildman–Crippen MR) is 81.2 cm³/mol. The van der Waals surface area contributed by atoms with Gasteiger partial charge >= 0.3 is 0 Å². The molecule has 0 aliphatic rings. The first-order valence-electron chi connectivity index (χ1n) is 6.07.